The van der Waals surface area contributed by atoms with Gasteiger partial charge in [-0.05, 0) is 24.6 Å². The number of rotatable bonds is 6. The number of aliphatic hydroxyl groups is 1. The monoisotopic (exact) mass is 277 g/mol. The smallest absolute Gasteiger partial charge is 0.416 e. The molecule has 1 unspecified atom stereocenters. The van der Waals surface area contributed by atoms with Crippen LogP contribution >= 0.6 is 0 Å². The molecule has 7 heteroatoms. The van der Waals surface area contributed by atoms with Crippen molar-refractivity contribution in [3.05, 3.63) is 35.4 Å². The molecule has 0 aromatic heterocycles. The van der Waals surface area contributed by atoms with Crippen molar-refractivity contribution in [2.75, 3.05) is 13.2 Å². The average molecular weight is 277 g/mol. The van der Waals surface area contributed by atoms with E-state index in [1.807, 2.05) is 0 Å². The molecule has 0 saturated heterocycles. The van der Waals surface area contributed by atoms with Crippen LogP contribution in [0.4, 0.5) is 13.2 Å². The standard InChI is InChI=1S/C12H14F3NO3/c13-12(14,15)9-5-2-1-4-8(9)10(11(18)19)16-6-3-7-17/h1-2,4-5,10,16-17H,3,6-7H2,(H,18,19). The van der Waals surface area contributed by atoms with Gasteiger partial charge in [0.05, 0.1) is 5.56 Å². The van der Waals surface area contributed by atoms with E-state index in [0.29, 0.717) is 0 Å². The van der Waals surface area contributed by atoms with Crippen LogP contribution in [0.1, 0.15) is 23.6 Å². The third-order valence-corrected chi connectivity index (χ3v) is 2.51. The Morgan fingerprint density at radius 3 is 2.47 bits per heavy atom. The Labute approximate surface area is 107 Å². The van der Waals surface area contributed by atoms with Crippen LogP contribution in [0.5, 0.6) is 0 Å². The minimum atomic E-state index is -4.61. The van der Waals surface area contributed by atoms with Crippen LogP contribution in [-0.4, -0.2) is 29.3 Å². The predicted molar refractivity (Wildman–Crippen MR) is 61.5 cm³/mol. The van der Waals surface area contributed by atoms with E-state index in [4.69, 9.17) is 10.2 Å². The minimum Gasteiger partial charge on any atom is -0.480 e. The van der Waals surface area contributed by atoms with Crippen molar-refractivity contribution in [3.63, 3.8) is 0 Å². The first kappa shape index (κ1) is 15.5. The summed E-state index contributed by atoms with van der Waals surface area (Å²) < 4.78 is 38.4. The molecule has 3 N–H and O–H groups in total. The molecule has 4 nitrogen and oxygen atoms in total. The normalized spacial score (nSPS) is 13.3. The summed E-state index contributed by atoms with van der Waals surface area (Å²) >= 11 is 0. The highest BCUT2D eigenvalue weighted by Gasteiger charge is 2.36. The summed E-state index contributed by atoms with van der Waals surface area (Å²) in [6.07, 6.45) is -4.35. The van der Waals surface area contributed by atoms with Gasteiger partial charge in [-0.25, -0.2) is 0 Å². The fourth-order valence-corrected chi connectivity index (χ4v) is 1.66. The van der Waals surface area contributed by atoms with E-state index in [2.05, 4.69) is 5.32 Å². The lowest BCUT2D eigenvalue weighted by Gasteiger charge is -2.19. The van der Waals surface area contributed by atoms with Gasteiger partial charge in [-0.15, -0.1) is 0 Å². The van der Waals surface area contributed by atoms with Crippen molar-refractivity contribution in [2.45, 2.75) is 18.6 Å². The van der Waals surface area contributed by atoms with Crippen molar-refractivity contribution in [3.8, 4) is 0 Å². The van der Waals surface area contributed by atoms with Crippen molar-refractivity contribution in [1.29, 1.82) is 0 Å². The van der Waals surface area contributed by atoms with Crippen molar-refractivity contribution in [1.82, 2.24) is 5.32 Å². The van der Waals surface area contributed by atoms with Crippen molar-refractivity contribution >= 4 is 5.97 Å². The number of aliphatic carboxylic acids is 1. The van der Waals surface area contributed by atoms with Crippen LogP contribution in [0.25, 0.3) is 0 Å². The molecule has 0 spiro atoms. The number of benzene rings is 1. The van der Waals surface area contributed by atoms with E-state index in [0.717, 1.165) is 12.1 Å². The van der Waals surface area contributed by atoms with Crippen LogP contribution in [-0.2, 0) is 11.0 Å². The van der Waals surface area contributed by atoms with Crippen LogP contribution in [0, 0.1) is 0 Å². The Morgan fingerprint density at radius 2 is 1.95 bits per heavy atom. The lowest BCUT2D eigenvalue weighted by atomic mass is 10.00. The molecule has 1 atom stereocenters. The van der Waals surface area contributed by atoms with Crippen LogP contribution in [0.2, 0.25) is 0 Å². The van der Waals surface area contributed by atoms with Crippen LogP contribution < -0.4 is 5.32 Å². The highest BCUT2D eigenvalue weighted by Crippen LogP contribution is 2.34. The summed E-state index contributed by atoms with van der Waals surface area (Å²) in [6, 6.07) is 3.09. The molecular formula is C12H14F3NO3. The summed E-state index contributed by atoms with van der Waals surface area (Å²) in [6.45, 7) is -0.0556. The Morgan fingerprint density at radius 1 is 1.32 bits per heavy atom. The third kappa shape index (κ3) is 4.22. The molecule has 106 valence electrons. The molecule has 19 heavy (non-hydrogen) atoms. The van der Waals surface area contributed by atoms with E-state index in [-0.39, 0.29) is 25.1 Å². The van der Waals surface area contributed by atoms with E-state index in [1.54, 1.807) is 0 Å². The summed E-state index contributed by atoms with van der Waals surface area (Å²) in [4.78, 5) is 11.1. The summed E-state index contributed by atoms with van der Waals surface area (Å²) in [5, 5.41) is 20.1. The number of aliphatic hydroxyl groups excluding tert-OH is 1. The second-order valence-electron chi connectivity index (χ2n) is 3.89. The predicted octanol–water partition coefficient (Wildman–Crippen LogP) is 1.80. The van der Waals surface area contributed by atoms with Crippen molar-refractivity contribution in [2.24, 2.45) is 0 Å². The summed E-state index contributed by atoms with van der Waals surface area (Å²) in [7, 11) is 0. The zero-order valence-corrected chi connectivity index (χ0v) is 9.94. The Balaban J connectivity index is 3.06. The maximum absolute atomic E-state index is 12.8. The molecule has 0 aliphatic rings. The quantitative estimate of drug-likeness (QED) is 0.693. The number of halogens is 3. The van der Waals surface area contributed by atoms with Crippen LogP contribution in [0.15, 0.2) is 24.3 Å². The Kier molecular flexibility index (Phi) is 5.31. The molecular weight excluding hydrogens is 263 g/mol. The van der Waals surface area contributed by atoms with Gasteiger partial charge in [0.1, 0.15) is 6.04 Å². The topological polar surface area (TPSA) is 69.6 Å². The number of nitrogens with one attached hydrogen (secondary N) is 1. The van der Waals surface area contributed by atoms with Gasteiger partial charge in [0.2, 0.25) is 0 Å². The third-order valence-electron chi connectivity index (χ3n) is 2.51. The fourth-order valence-electron chi connectivity index (χ4n) is 1.66. The number of alkyl halides is 3. The van der Waals surface area contributed by atoms with E-state index in [1.165, 1.54) is 12.1 Å². The Bertz CT molecular complexity index is 434. The molecule has 0 radical (unpaired) electrons. The summed E-state index contributed by atoms with van der Waals surface area (Å²) in [5.41, 5.74) is -1.31. The Hall–Kier alpha value is -1.60. The number of carboxylic acids is 1. The molecule has 0 bridgehead atoms. The van der Waals surface area contributed by atoms with Crippen LogP contribution in [0.3, 0.4) is 0 Å². The van der Waals surface area contributed by atoms with Gasteiger partial charge in [-0.1, -0.05) is 18.2 Å². The van der Waals surface area contributed by atoms with Gasteiger partial charge in [-0.2, -0.15) is 13.2 Å². The molecule has 0 aliphatic carbocycles. The highest BCUT2D eigenvalue weighted by molar-refractivity contribution is 5.76. The lowest BCUT2D eigenvalue weighted by molar-refractivity contribution is -0.142. The van der Waals surface area contributed by atoms with Gasteiger partial charge < -0.3 is 15.5 Å². The maximum atomic E-state index is 12.8. The molecule has 1 aromatic carbocycles. The first-order valence-corrected chi connectivity index (χ1v) is 5.61. The van der Waals surface area contributed by atoms with Gasteiger partial charge in [0.15, 0.2) is 0 Å². The van der Waals surface area contributed by atoms with E-state index in [9.17, 15) is 18.0 Å². The SMILES string of the molecule is O=C(O)C(NCCCO)c1ccccc1C(F)(F)F. The molecule has 0 fully saturated rings. The van der Waals surface area contributed by atoms with Gasteiger partial charge in [-0.3, -0.25) is 4.79 Å². The first-order valence-electron chi connectivity index (χ1n) is 5.61. The lowest BCUT2D eigenvalue weighted by Crippen LogP contribution is -2.31. The zero-order valence-electron chi connectivity index (χ0n) is 9.94. The van der Waals surface area contributed by atoms with E-state index >= 15 is 0 Å². The van der Waals surface area contributed by atoms with Gasteiger partial charge in [0.25, 0.3) is 0 Å². The molecule has 0 amide bonds. The number of carboxylic acid groups (broad SMARTS) is 1. The minimum absolute atomic E-state index is 0.111. The molecule has 1 rings (SSSR count). The second-order valence-corrected chi connectivity index (χ2v) is 3.89. The molecule has 0 heterocycles. The van der Waals surface area contributed by atoms with Crippen molar-refractivity contribution < 1.29 is 28.2 Å². The highest BCUT2D eigenvalue weighted by atomic mass is 19.4. The average Bonchev–Trinajstić information content (AvgIpc) is 2.33. The number of carbonyl (C=O) groups is 1. The maximum Gasteiger partial charge on any atom is 0.416 e. The molecule has 0 aliphatic heterocycles. The molecule has 1 aromatic rings. The van der Waals surface area contributed by atoms with E-state index < -0.39 is 23.8 Å². The largest absolute Gasteiger partial charge is 0.480 e. The number of hydrogen-bond acceptors (Lipinski definition) is 3. The fraction of sp³-hybridized carbons (Fsp3) is 0.417. The first-order chi connectivity index (χ1) is 8.88. The number of hydrogen-bond donors (Lipinski definition) is 3. The second kappa shape index (κ2) is 6.53. The molecule has 0 saturated carbocycles. The van der Waals surface area contributed by atoms with Gasteiger partial charge >= 0.3 is 12.1 Å². The summed E-state index contributed by atoms with van der Waals surface area (Å²) in [5.74, 6) is -1.39. The van der Waals surface area contributed by atoms with Gasteiger partial charge in [0, 0.05) is 6.61 Å². The zero-order chi connectivity index (χ0) is 14.5.